The first-order chi connectivity index (χ1) is 19.7. The molecule has 0 aliphatic carbocycles. The zero-order valence-corrected chi connectivity index (χ0v) is 23.0. The van der Waals surface area contributed by atoms with E-state index in [4.69, 9.17) is 4.98 Å². The lowest BCUT2D eigenvalue weighted by Crippen LogP contribution is -2.29. The maximum absolute atomic E-state index is 5.07. The van der Waals surface area contributed by atoms with Gasteiger partial charge in [0.25, 0.3) is 0 Å². The number of aromatic amines is 2. The molecule has 1 aliphatic rings. The number of hydrogen-bond donors (Lipinski definition) is 3. The Morgan fingerprint density at radius 3 is 2.70 bits per heavy atom. The molecule has 4 aromatic heterocycles. The number of hydrogen-bond acceptors (Lipinski definition) is 5. The summed E-state index contributed by atoms with van der Waals surface area (Å²) >= 11 is 0. The average Bonchev–Trinajstić information content (AvgIpc) is 3.63. The number of aromatic nitrogens is 5. The average molecular weight is 530 g/mol. The van der Waals surface area contributed by atoms with Gasteiger partial charge in [-0.3, -0.25) is 10.1 Å². The third-order valence-electron chi connectivity index (χ3n) is 7.60. The van der Waals surface area contributed by atoms with Crippen molar-refractivity contribution in [3.05, 3.63) is 103 Å². The van der Waals surface area contributed by atoms with E-state index in [1.54, 1.807) is 0 Å². The van der Waals surface area contributed by atoms with Crippen LogP contribution in [0.3, 0.4) is 0 Å². The summed E-state index contributed by atoms with van der Waals surface area (Å²) in [5, 5.41) is 12.5. The Hall–Kier alpha value is -4.49. The van der Waals surface area contributed by atoms with Gasteiger partial charge in [-0.2, -0.15) is 5.10 Å². The van der Waals surface area contributed by atoms with Crippen molar-refractivity contribution in [3.63, 3.8) is 0 Å². The van der Waals surface area contributed by atoms with Gasteiger partial charge in [0.05, 0.1) is 40.5 Å². The van der Waals surface area contributed by atoms with Gasteiger partial charge in [0.15, 0.2) is 0 Å². The minimum absolute atomic E-state index is 0.720. The number of anilines is 1. The SMILES string of the molecule is C=C/C(=C\C(=C/C)c1ccc2[nH]nc(-c3cc4c(N5CCCCC5)cncc4[nH]3)c2n1)CNCc1ccccc1. The molecule has 7 heteroatoms. The molecule has 1 fully saturated rings. The van der Waals surface area contributed by atoms with Crippen LogP contribution in [0, 0.1) is 0 Å². The predicted molar refractivity (Wildman–Crippen MR) is 165 cm³/mol. The van der Waals surface area contributed by atoms with E-state index in [0.29, 0.717) is 0 Å². The monoisotopic (exact) mass is 529 g/mol. The Bertz CT molecular complexity index is 1680. The Morgan fingerprint density at radius 1 is 1.05 bits per heavy atom. The van der Waals surface area contributed by atoms with E-state index in [1.165, 1.54) is 35.9 Å². The van der Waals surface area contributed by atoms with Crippen LogP contribution in [0.5, 0.6) is 0 Å². The third kappa shape index (κ3) is 5.33. The number of pyridine rings is 2. The van der Waals surface area contributed by atoms with Crippen LogP contribution in [0.1, 0.15) is 37.4 Å². The molecule has 0 amide bonds. The quantitative estimate of drug-likeness (QED) is 0.183. The highest BCUT2D eigenvalue weighted by atomic mass is 15.1. The van der Waals surface area contributed by atoms with E-state index in [9.17, 15) is 0 Å². The lowest BCUT2D eigenvalue weighted by molar-refractivity contribution is 0.578. The summed E-state index contributed by atoms with van der Waals surface area (Å²) in [7, 11) is 0. The molecule has 1 saturated heterocycles. The predicted octanol–water partition coefficient (Wildman–Crippen LogP) is 6.80. The first-order valence-electron chi connectivity index (χ1n) is 14.0. The minimum atomic E-state index is 0.720. The lowest BCUT2D eigenvalue weighted by Gasteiger charge is -2.28. The number of benzene rings is 1. The van der Waals surface area contributed by atoms with Gasteiger partial charge in [0, 0.05) is 31.6 Å². The second kappa shape index (κ2) is 11.7. The van der Waals surface area contributed by atoms with Gasteiger partial charge in [0.1, 0.15) is 11.2 Å². The second-order valence-corrected chi connectivity index (χ2v) is 10.3. The Morgan fingerprint density at radius 2 is 1.90 bits per heavy atom. The van der Waals surface area contributed by atoms with Crippen LogP contribution in [-0.2, 0) is 6.54 Å². The maximum atomic E-state index is 5.07. The summed E-state index contributed by atoms with van der Waals surface area (Å²) in [6, 6.07) is 16.7. The smallest absolute Gasteiger partial charge is 0.135 e. The molecular weight excluding hydrogens is 494 g/mol. The zero-order valence-electron chi connectivity index (χ0n) is 23.0. The van der Waals surface area contributed by atoms with Crippen molar-refractivity contribution in [2.45, 2.75) is 32.7 Å². The molecule has 5 heterocycles. The first kappa shape index (κ1) is 25.8. The second-order valence-electron chi connectivity index (χ2n) is 10.3. The largest absolute Gasteiger partial charge is 0.370 e. The fraction of sp³-hybridized carbons (Fsp3) is 0.242. The van der Waals surface area contributed by atoms with Gasteiger partial charge in [-0.25, -0.2) is 4.98 Å². The highest BCUT2D eigenvalue weighted by molar-refractivity contribution is 5.98. The standard InChI is InChI=1S/C33H35N7/c1-3-23(19-34-20-24-11-7-5-8-12-24)17-25(4-2)27-13-14-28-32(37-27)33(39-38-28)29-18-26-30(36-29)21-35-22-31(26)40-15-9-6-10-16-40/h3-5,7-8,11-14,17-18,21-22,34,36H,1,6,9-10,15-16,19-20H2,2H3,(H,38,39)/b23-17+,25-4+. The number of H-pyrrole nitrogens is 2. The summed E-state index contributed by atoms with van der Waals surface area (Å²) in [6.07, 6.45) is 13.8. The number of rotatable bonds is 9. The van der Waals surface area contributed by atoms with Gasteiger partial charge in [0.2, 0.25) is 0 Å². The summed E-state index contributed by atoms with van der Waals surface area (Å²) in [6.45, 7) is 9.76. The highest BCUT2D eigenvalue weighted by Gasteiger charge is 2.18. The molecule has 0 bridgehead atoms. The van der Waals surface area contributed by atoms with Crippen molar-refractivity contribution in [1.29, 1.82) is 0 Å². The Balaban J connectivity index is 1.28. The molecule has 0 spiro atoms. The molecule has 0 atom stereocenters. The molecule has 5 aromatic rings. The van der Waals surface area contributed by atoms with Gasteiger partial charge >= 0.3 is 0 Å². The van der Waals surface area contributed by atoms with E-state index < -0.39 is 0 Å². The van der Waals surface area contributed by atoms with Crippen molar-refractivity contribution in [1.82, 2.24) is 30.5 Å². The molecule has 202 valence electrons. The maximum Gasteiger partial charge on any atom is 0.135 e. The number of piperidine rings is 1. The topological polar surface area (TPSA) is 85.5 Å². The van der Waals surface area contributed by atoms with E-state index >= 15 is 0 Å². The molecular formula is C33H35N7. The van der Waals surface area contributed by atoms with Crippen molar-refractivity contribution in [2.75, 3.05) is 24.5 Å². The van der Waals surface area contributed by atoms with Crippen molar-refractivity contribution in [2.24, 2.45) is 0 Å². The number of nitrogens with one attached hydrogen (secondary N) is 3. The molecule has 40 heavy (non-hydrogen) atoms. The molecule has 7 nitrogen and oxygen atoms in total. The van der Waals surface area contributed by atoms with Crippen LogP contribution < -0.4 is 10.2 Å². The highest BCUT2D eigenvalue weighted by Crippen LogP contribution is 2.33. The van der Waals surface area contributed by atoms with Crippen LogP contribution in [0.15, 0.2) is 91.3 Å². The van der Waals surface area contributed by atoms with E-state index in [2.05, 4.69) is 85.5 Å². The van der Waals surface area contributed by atoms with Gasteiger partial charge in [-0.15, -0.1) is 0 Å². The summed E-state index contributed by atoms with van der Waals surface area (Å²) in [4.78, 5) is 15.6. The number of allylic oxidation sites excluding steroid dienone is 3. The van der Waals surface area contributed by atoms with E-state index in [-0.39, 0.29) is 0 Å². The molecule has 1 aliphatic heterocycles. The summed E-state index contributed by atoms with van der Waals surface area (Å²) in [5.41, 5.74) is 9.99. The molecule has 0 saturated carbocycles. The Labute approximate surface area is 234 Å². The molecule has 1 aromatic carbocycles. The number of fused-ring (bicyclic) bond motifs is 2. The fourth-order valence-electron chi connectivity index (χ4n) is 5.43. The van der Waals surface area contributed by atoms with Gasteiger partial charge < -0.3 is 15.2 Å². The molecule has 3 N–H and O–H groups in total. The Kier molecular flexibility index (Phi) is 7.55. The normalized spacial score (nSPS) is 14.8. The van der Waals surface area contributed by atoms with Crippen molar-refractivity contribution >= 4 is 33.2 Å². The van der Waals surface area contributed by atoms with Crippen LogP contribution in [0.4, 0.5) is 5.69 Å². The fourth-order valence-corrected chi connectivity index (χ4v) is 5.43. The van der Waals surface area contributed by atoms with Crippen LogP contribution in [-0.4, -0.2) is 44.8 Å². The van der Waals surface area contributed by atoms with Crippen molar-refractivity contribution < 1.29 is 0 Å². The first-order valence-corrected chi connectivity index (χ1v) is 14.0. The lowest BCUT2D eigenvalue weighted by atomic mass is 10.1. The van der Waals surface area contributed by atoms with Crippen LogP contribution in [0.25, 0.3) is 38.9 Å². The summed E-state index contributed by atoms with van der Waals surface area (Å²) in [5.74, 6) is 0. The van der Waals surface area contributed by atoms with Crippen LogP contribution >= 0.6 is 0 Å². The van der Waals surface area contributed by atoms with E-state index in [0.717, 1.165) is 71.0 Å². The summed E-state index contributed by atoms with van der Waals surface area (Å²) < 4.78 is 0. The molecule has 0 radical (unpaired) electrons. The van der Waals surface area contributed by atoms with Gasteiger partial charge in [-0.05, 0) is 67.2 Å². The van der Waals surface area contributed by atoms with Crippen molar-refractivity contribution in [3.8, 4) is 11.4 Å². The third-order valence-corrected chi connectivity index (χ3v) is 7.60. The zero-order chi connectivity index (χ0) is 27.3. The van der Waals surface area contributed by atoms with Gasteiger partial charge in [-0.1, -0.05) is 49.1 Å². The molecule has 0 unspecified atom stereocenters. The van der Waals surface area contributed by atoms with Crippen LogP contribution in [0.2, 0.25) is 0 Å². The molecule has 6 rings (SSSR count). The number of nitrogens with zero attached hydrogens (tertiary/aromatic N) is 4. The van der Waals surface area contributed by atoms with E-state index in [1.807, 2.05) is 37.5 Å². The minimum Gasteiger partial charge on any atom is -0.370 e.